The summed E-state index contributed by atoms with van der Waals surface area (Å²) in [5.74, 6) is -0.143. The number of nitrogens with zero attached hydrogens (tertiary/aromatic N) is 2. The number of hydrogen-bond acceptors (Lipinski definition) is 7. The Hall–Kier alpha value is -4.87. The number of sulfonamides is 1. The molecule has 0 fully saturated rings. The number of anilines is 1. The summed E-state index contributed by atoms with van der Waals surface area (Å²) in [5, 5.41) is 7.25. The zero-order valence-electron chi connectivity index (χ0n) is 24.7. The number of para-hydroxylation sites is 2. The number of rotatable bonds is 14. The van der Waals surface area contributed by atoms with Crippen LogP contribution in [-0.2, 0) is 19.6 Å². The number of amides is 2. The number of carbonyl (C=O) groups is 2. The monoisotopic (exact) mass is 648 g/mol. The summed E-state index contributed by atoms with van der Waals surface area (Å²) in [6, 6.07) is 28.4. The van der Waals surface area contributed by atoms with Crippen molar-refractivity contribution in [2.45, 2.75) is 24.8 Å². The van der Waals surface area contributed by atoms with Crippen molar-refractivity contribution in [3.05, 3.63) is 119 Å². The van der Waals surface area contributed by atoms with Gasteiger partial charge in [0.15, 0.2) is 6.61 Å². The fourth-order valence-electron chi connectivity index (χ4n) is 4.23. The standard InChI is InChI=1S/C33H33ClN4O6S/c1-3-43-31-12-8-7-11-30(31)38(45(41,42)29-19-15-27(34)16-20-29)22-32(39)37-35-21-25-13-17-28(18-14-25)44-23-33(40)36-24(2)26-9-5-4-6-10-26/h4-21,24H,3,22-23H2,1-2H3,(H,36,40)(H,37,39)/b35-21-/t24-/m1/s1. The minimum Gasteiger partial charge on any atom is -0.492 e. The number of carbonyl (C=O) groups excluding carboxylic acids is 2. The Kier molecular flexibility index (Phi) is 11.5. The fourth-order valence-corrected chi connectivity index (χ4v) is 5.78. The maximum absolute atomic E-state index is 13.6. The van der Waals surface area contributed by atoms with E-state index in [4.69, 9.17) is 21.1 Å². The van der Waals surface area contributed by atoms with Crippen molar-refractivity contribution in [3.8, 4) is 11.5 Å². The van der Waals surface area contributed by atoms with Gasteiger partial charge in [-0.05, 0) is 85.6 Å². The molecule has 0 unspecified atom stereocenters. The molecule has 0 aliphatic rings. The topological polar surface area (TPSA) is 126 Å². The first-order valence-corrected chi connectivity index (χ1v) is 15.9. The predicted molar refractivity (Wildman–Crippen MR) is 174 cm³/mol. The molecule has 12 heteroatoms. The van der Waals surface area contributed by atoms with Crippen LogP contribution in [0.1, 0.15) is 31.0 Å². The van der Waals surface area contributed by atoms with E-state index in [1.54, 1.807) is 55.5 Å². The molecule has 0 spiro atoms. The molecule has 0 aliphatic carbocycles. The fraction of sp³-hybridized carbons (Fsp3) is 0.182. The van der Waals surface area contributed by atoms with Crippen LogP contribution in [0.5, 0.6) is 11.5 Å². The molecule has 0 bridgehead atoms. The van der Waals surface area contributed by atoms with Gasteiger partial charge >= 0.3 is 0 Å². The first kappa shape index (κ1) is 33.0. The first-order chi connectivity index (χ1) is 21.7. The van der Waals surface area contributed by atoms with Gasteiger partial charge in [0.05, 0.1) is 29.4 Å². The largest absolute Gasteiger partial charge is 0.492 e. The van der Waals surface area contributed by atoms with E-state index in [1.165, 1.54) is 30.5 Å². The summed E-state index contributed by atoms with van der Waals surface area (Å²) in [5.41, 5.74) is 4.21. The molecule has 0 saturated heterocycles. The lowest BCUT2D eigenvalue weighted by Gasteiger charge is -2.25. The third-order valence-corrected chi connectivity index (χ3v) is 8.48. The van der Waals surface area contributed by atoms with Crippen molar-refractivity contribution in [1.82, 2.24) is 10.7 Å². The lowest BCUT2D eigenvalue weighted by Crippen LogP contribution is -2.39. The highest BCUT2D eigenvalue weighted by atomic mass is 35.5. The molecule has 0 saturated carbocycles. The van der Waals surface area contributed by atoms with Gasteiger partial charge in [0.1, 0.15) is 18.0 Å². The molecule has 234 valence electrons. The maximum Gasteiger partial charge on any atom is 0.264 e. The van der Waals surface area contributed by atoms with E-state index in [1.807, 2.05) is 37.3 Å². The van der Waals surface area contributed by atoms with Crippen LogP contribution in [0.25, 0.3) is 0 Å². The molecule has 0 aromatic heterocycles. The van der Waals surface area contributed by atoms with E-state index in [9.17, 15) is 18.0 Å². The zero-order valence-corrected chi connectivity index (χ0v) is 26.3. The Morgan fingerprint density at radius 3 is 2.24 bits per heavy atom. The summed E-state index contributed by atoms with van der Waals surface area (Å²) in [6.07, 6.45) is 1.40. The molecule has 0 radical (unpaired) electrons. The second-order valence-corrected chi connectivity index (χ2v) is 12.0. The van der Waals surface area contributed by atoms with Crippen molar-refractivity contribution < 1.29 is 27.5 Å². The van der Waals surface area contributed by atoms with Crippen molar-refractivity contribution >= 4 is 45.3 Å². The molecule has 0 heterocycles. The smallest absolute Gasteiger partial charge is 0.264 e. The van der Waals surface area contributed by atoms with Gasteiger partial charge in [-0.1, -0.05) is 54.1 Å². The number of hydrazone groups is 1. The van der Waals surface area contributed by atoms with Crippen LogP contribution in [0.3, 0.4) is 0 Å². The van der Waals surface area contributed by atoms with Crippen LogP contribution in [0, 0.1) is 0 Å². The molecule has 2 amide bonds. The van der Waals surface area contributed by atoms with E-state index in [0.717, 1.165) is 9.87 Å². The highest BCUT2D eigenvalue weighted by Gasteiger charge is 2.29. The summed E-state index contributed by atoms with van der Waals surface area (Å²) in [7, 11) is -4.18. The number of benzene rings is 4. The maximum atomic E-state index is 13.6. The molecule has 2 N–H and O–H groups in total. The minimum absolute atomic E-state index is 0.0417. The van der Waals surface area contributed by atoms with Crippen molar-refractivity contribution in [2.24, 2.45) is 5.10 Å². The number of hydrogen-bond donors (Lipinski definition) is 2. The lowest BCUT2D eigenvalue weighted by molar-refractivity contribution is -0.123. The summed E-state index contributed by atoms with van der Waals surface area (Å²) in [6.45, 7) is 3.26. The molecular formula is C33H33ClN4O6S. The van der Waals surface area contributed by atoms with Crippen molar-refractivity contribution in [3.63, 3.8) is 0 Å². The third kappa shape index (κ3) is 9.31. The van der Waals surface area contributed by atoms with Crippen molar-refractivity contribution in [1.29, 1.82) is 0 Å². The zero-order chi connectivity index (χ0) is 32.2. The predicted octanol–water partition coefficient (Wildman–Crippen LogP) is 5.34. The van der Waals surface area contributed by atoms with Gasteiger partial charge in [-0.25, -0.2) is 13.8 Å². The lowest BCUT2D eigenvalue weighted by atomic mass is 10.1. The molecule has 0 aliphatic heterocycles. The molecule has 45 heavy (non-hydrogen) atoms. The Labute approximate surface area is 267 Å². The minimum atomic E-state index is -4.18. The normalized spacial score (nSPS) is 11.9. The molecule has 1 atom stereocenters. The Morgan fingerprint density at radius 1 is 0.889 bits per heavy atom. The van der Waals surface area contributed by atoms with Crippen LogP contribution >= 0.6 is 11.6 Å². The van der Waals surface area contributed by atoms with E-state index in [2.05, 4.69) is 15.8 Å². The second kappa shape index (κ2) is 15.7. The average Bonchev–Trinajstić information content (AvgIpc) is 3.04. The molecule has 4 aromatic rings. The second-order valence-electron chi connectivity index (χ2n) is 9.72. The molecule has 10 nitrogen and oxygen atoms in total. The van der Waals surface area contributed by atoms with Crippen LogP contribution in [0.4, 0.5) is 5.69 Å². The van der Waals surface area contributed by atoms with Crippen LogP contribution < -0.4 is 24.5 Å². The molecule has 4 rings (SSSR count). The summed E-state index contributed by atoms with van der Waals surface area (Å²) >= 11 is 5.96. The van der Waals surface area contributed by atoms with Gasteiger partial charge in [0.2, 0.25) is 0 Å². The first-order valence-electron chi connectivity index (χ1n) is 14.1. The van der Waals surface area contributed by atoms with Crippen molar-refractivity contribution in [2.75, 3.05) is 24.1 Å². The average molecular weight is 649 g/mol. The van der Waals surface area contributed by atoms with E-state index < -0.39 is 22.5 Å². The van der Waals surface area contributed by atoms with E-state index >= 15 is 0 Å². The van der Waals surface area contributed by atoms with Crippen LogP contribution in [0.2, 0.25) is 5.02 Å². The van der Waals surface area contributed by atoms with E-state index in [0.29, 0.717) is 28.7 Å². The summed E-state index contributed by atoms with van der Waals surface area (Å²) in [4.78, 5) is 25.2. The summed E-state index contributed by atoms with van der Waals surface area (Å²) < 4.78 is 39.5. The number of halogens is 1. The number of ether oxygens (including phenoxy) is 2. The van der Waals surface area contributed by atoms with E-state index in [-0.39, 0.29) is 29.1 Å². The van der Waals surface area contributed by atoms with Crippen LogP contribution in [0.15, 0.2) is 113 Å². The van der Waals surface area contributed by atoms with Gasteiger partial charge < -0.3 is 14.8 Å². The van der Waals surface area contributed by atoms with Gasteiger partial charge in [0, 0.05) is 5.02 Å². The SMILES string of the molecule is CCOc1ccccc1N(CC(=O)N/N=C\c1ccc(OCC(=O)N[C@H](C)c2ccccc2)cc1)S(=O)(=O)c1ccc(Cl)cc1. The highest BCUT2D eigenvalue weighted by molar-refractivity contribution is 7.92. The van der Waals surface area contributed by atoms with Crippen LogP contribution in [-0.4, -0.2) is 46.2 Å². The van der Waals surface area contributed by atoms with Gasteiger partial charge in [-0.3, -0.25) is 13.9 Å². The van der Waals surface area contributed by atoms with Gasteiger partial charge in [0.25, 0.3) is 21.8 Å². The quantitative estimate of drug-likeness (QED) is 0.140. The Morgan fingerprint density at radius 2 is 1.56 bits per heavy atom. The van der Waals surface area contributed by atoms with Gasteiger partial charge in [-0.2, -0.15) is 5.10 Å². The molecule has 4 aromatic carbocycles. The molecular weight excluding hydrogens is 616 g/mol. The highest BCUT2D eigenvalue weighted by Crippen LogP contribution is 2.32. The Bertz CT molecular complexity index is 1720. The number of nitrogens with one attached hydrogen (secondary N) is 2. The van der Waals surface area contributed by atoms with Gasteiger partial charge in [-0.15, -0.1) is 0 Å². The Balaban J connectivity index is 1.37. The third-order valence-electron chi connectivity index (χ3n) is 6.45.